The number of halogens is 1. The molecule has 1 aromatic rings. The van der Waals surface area contributed by atoms with E-state index in [-0.39, 0.29) is 23.9 Å². The number of piperazine rings is 1. The molecule has 0 spiro atoms. The Labute approximate surface area is 158 Å². The van der Waals surface area contributed by atoms with Crippen molar-refractivity contribution in [3.05, 3.63) is 41.1 Å². The van der Waals surface area contributed by atoms with Crippen LogP contribution in [-0.4, -0.2) is 37.1 Å². The molecule has 2 amide bonds. The maximum Gasteiger partial charge on any atom is 0.321 e. The number of rotatable bonds is 2. The van der Waals surface area contributed by atoms with Crippen LogP contribution in [0.25, 0.3) is 0 Å². The van der Waals surface area contributed by atoms with E-state index in [2.05, 4.69) is 70.0 Å². The first kappa shape index (κ1) is 21.4. The minimum absolute atomic E-state index is 0. The van der Waals surface area contributed by atoms with E-state index < -0.39 is 0 Å². The molecule has 0 aliphatic carbocycles. The van der Waals surface area contributed by atoms with Crippen LogP contribution >= 0.6 is 12.4 Å². The Hall–Kier alpha value is -1.68. The van der Waals surface area contributed by atoms with Gasteiger partial charge in [0, 0.05) is 38.1 Å². The predicted molar refractivity (Wildman–Crippen MR) is 109 cm³/mol. The first-order valence-corrected chi connectivity index (χ1v) is 8.74. The molecule has 0 radical (unpaired) electrons. The molecular weight excluding hydrogens is 334 g/mol. The zero-order valence-corrected chi connectivity index (χ0v) is 17.2. The van der Waals surface area contributed by atoms with Gasteiger partial charge in [0.1, 0.15) is 0 Å². The molecule has 4 nitrogen and oxygen atoms in total. The van der Waals surface area contributed by atoms with Gasteiger partial charge in [-0.2, -0.15) is 0 Å². The molecule has 1 fully saturated rings. The topological polar surface area (TPSA) is 35.6 Å². The molecule has 1 heterocycles. The standard InChI is InChI=1S/C20H31N3O.ClH/c1-15-8-7-9-18(17(15)3)22-10-12-23(13-11-22)19(24)21-14-16(2)20(4,5)6;/h7-9,14H,10-13H2,1-6H3,(H,21,24);1H/b16-14+;. The number of aryl methyl sites for hydroxylation is 1. The SMILES string of the molecule is C/C(=C\NC(=O)N1CCN(c2cccc(C)c2C)CC1)C(C)(C)C.Cl. The third kappa shape index (κ3) is 5.40. The summed E-state index contributed by atoms with van der Waals surface area (Å²) < 4.78 is 0. The lowest BCUT2D eigenvalue weighted by Gasteiger charge is -2.37. The fraction of sp³-hybridized carbons (Fsp3) is 0.550. The average Bonchev–Trinajstić information content (AvgIpc) is 2.54. The largest absolute Gasteiger partial charge is 0.368 e. The van der Waals surface area contributed by atoms with Crippen molar-refractivity contribution in [3.8, 4) is 0 Å². The smallest absolute Gasteiger partial charge is 0.321 e. The molecule has 2 rings (SSSR count). The van der Waals surface area contributed by atoms with Crippen molar-refractivity contribution in [2.45, 2.75) is 41.5 Å². The third-order valence-corrected chi connectivity index (χ3v) is 5.08. The van der Waals surface area contributed by atoms with E-state index >= 15 is 0 Å². The van der Waals surface area contributed by atoms with E-state index in [9.17, 15) is 4.79 Å². The molecule has 0 unspecified atom stereocenters. The number of carbonyl (C=O) groups excluding carboxylic acids is 1. The quantitative estimate of drug-likeness (QED) is 0.837. The second kappa shape index (κ2) is 8.61. The Bertz CT molecular complexity index is 626. The van der Waals surface area contributed by atoms with E-state index in [4.69, 9.17) is 0 Å². The second-order valence-corrected chi connectivity index (χ2v) is 7.72. The van der Waals surface area contributed by atoms with E-state index in [1.165, 1.54) is 22.4 Å². The van der Waals surface area contributed by atoms with E-state index in [1.807, 2.05) is 11.1 Å². The molecular formula is C20H32ClN3O. The van der Waals surface area contributed by atoms with Crippen LogP contribution in [0.4, 0.5) is 10.5 Å². The van der Waals surface area contributed by atoms with E-state index in [0.29, 0.717) is 0 Å². The van der Waals surface area contributed by atoms with Crippen molar-refractivity contribution in [2.24, 2.45) is 5.41 Å². The van der Waals surface area contributed by atoms with Crippen LogP contribution in [0.5, 0.6) is 0 Å². The van der Waals surface area contributed by atoms with Crippen LogP contribution in [0.1, 0.15) is 38.8 Å². The highest BCUT2D eigenvalue weighted by atomic mass is 35.5. The van der Waals surface area contributed by atoms with E-state index in [1.54, 1.807) is 0 Å². The Morgan fingerprint density at radius 3 is 2.28 bits per heavy atom. The highest BCUT2D eigenvalue weighted by Gasteiger charge is 2.22. The number of allylic oxidation sites excluding steroid dienone is 1. The number of hydrogen-bond donors (Lipinski definition) is 1. The first-order chi connectivity index (χ1) is 11.2. The van der Waals surface area contributed by atoms with Gasteiger partial charge in [0.2, 0.25) is 0 Å². The highest BCUT2D eigenvalue weighted by Crippen LogP contribution is 2.24. The van der Waals surface area contributed by atoms with Crippen molar-refractivity contribution >= 4 is 24.1 Å². The van der Waals surface area contributed by atoms with Crippen LogP contribution in [0.15, 0.2) is 30.0 Å². The molecule has 0 atom stereocenters. The Balaban J connectivity index is 0.00000312. The van der Waals surface area contributed by atoms with Gasteiger partial charge in [0.25, 0.3) is 0 Å². The van der Waals surface area contributed by atoms with Crippen molar-refractivity contribution in [2.75, 3.05) is 31.1 Å². The predicted octanol–water partition coefficient (Wildman–Crippen LogP) is 4.51. The van der Waals surface area contributed by atoms with Gasteiger partial charge in [-0.25, -0.2) is 4.79 Å². The molecule has 1 aliphatic rings. The minimum atomic E-state index is -0.000728. The van der Waals surface area contributed by atoms with E-state index in [0.717, 1.165) is 26.2 Å². The second-order valence-electron chi connectivity index (χ2n) is 7.72. The molecule has 1 aromatic carbocycles. The van der Waals surface area contributed by atoms with Gasteiger partial charge >= 0.3 is 6.03 Å². The van der Waals surface area contributed by atoms with Crippen molar-refractivity contribution in [1.82, 2.24) is 10.2 Å². The van der Waals surface area contributed by atoms with Gasteiger partial charge in [-0.1, -0.05) is 38.5 Å². The fourth-order valence-corrected chi connectivity index (χ4v) is 2.71. The Kier molecular flexibility index (Phi) is 7.36. The van der Waals surface area contributed by atoms with Crippen LogP contribution in [0.2, 0.25) is 0 Å². The number of benzene rings is 1. The molecule has 1 saturated heterocycles. The number of hydrogen-bond acceptors (Lipinski definition) is 2. The highest BCUT2D eigenvalue weighted by molar-refractivity contribution is 5.85. The fourth-order valence-electron chi connectivity index (χ4n) is 2.71. The number of anilines is 1. The number of nitrogens with one attached hydrogen (secondary N) is 1. The molecule has 1 aliphatic heterocycles. The van der Waals surface area contributed by atoms with Crippen LogP contribution in [0, 0.1) is 19.3 Å². The zero-order chi connectivity index (χ0) is 17.9. The van der Waals surface area contributed by atoms with Gasteiger partial charge in [-0.15, -0.1) is 12.4 Å². The molecule has 0 saturated carbocycles. The Morgan fingerprint density at radius 1 is 1.12 bits per heavy atom. The summed E-state index contributed by atoms with van der Waals surface area (Å²) in [6, 6.07) is 6.43. The third-order valence-electron chi connectivity index (χ3n) is 5.08. The lowest BCUT2D eigenvalue weighted by Crippen LogP contribution is -2.51. The maximum absolute atomic E-state index is 12.3. The average molecular weight is 366 g/mol. The summed E-state index contributed by atoms with van der Waals surface area (Å²) in [5, 5.41) is 2.94. The van der Waals surface area contributed by atoms with Gasteiger partial charge < -0.3 is 15.1 Å². The van der Waals surface area contributed by atoms with Gasteiger partial charge in [0.15, 0.2) is 0 Å². The minimum Gasteiger partial charge on any atom is -0.368 e. The summed E-state index contributed by atoms with van der Waals surface area (Å²) in [6.07, 6.45) is 1.85. The lowest BCUT2D eigenvalue weighted by atomic mass is 9.88. The first-order valence-electron chi connectivity index (χ1n) is 8.74. The Morgan fingerprint density at radius 2 is 1.72 bits per heavy atom. The number of nitrogens with zero attached hydrogens (tertiary/aromatic N) is 2. The molecule has 1 N–H and O–H groups in total. The number of amides is 2. The van der Waals surface area contributed by atoms with Crippen LogP contribution < -0.4 is 10.2 Å². The van der Waals surface area contributed by atoms with Gasteiger partial charge in [-0.05, 0) is 43.4 Å². The van der Waals surface area contributed by atoms with Crippen molar-refractivity contribution in [1.29, 1.82) is 0 Å². The number of carbonyl (C=O) groups is 1. The summed E-state index contributed by atoms with van der Waals surface area (Å²) in [4.78, 5) is 16.6. The molecule has 25 heavy (non-hydrogen) atoms. The van der Waals surface area contributed by atoms with Crippen LogP contribution in [0.3, 0.4) is 0 Å². The summed E-state index contributed by atoms with van der Waals surface area (Å²) in [5.41, 5.74) is 5.19. The summed E-state index contributed by atoms with van der Waals surface area (Å²) in [5.74, 6) is 0. The zero-order valence-electron chi connectivity index (χ0n) is 16.3. The summed E-state index contributed by atoms with van der Waals surface area (Å²) >= 11 is 0. The summed E-state index contributed by atoms with van der Waals surface area (Å²) in [6.45, 7) is 16.1. The molecule has 140 valence electrons. The monoisotopic (exact) mass is 365 g/mol. The molecule has 0 aromatic heterocycles. The van der Waals surface area contributed by atoms with Gasteiger partial charge in [-0.3, -0.25) is 0 Å². The lowest BCUT2D eigenvalue weighted by molar-refractivity contribution is 0.198. The van der Waals surface area contributed by atoms with Crippen LogP contribution in [-0.2, 0) is 0 Å². The summed E-state index contributed by atoms with van der Waals surface area (Å²) in [7, 11) is 0. The normalized spacial score (nSPS) is 15.7. The van der Waals surface area contributed by atoms with Crippen molar-refractivity contribution in [3.63, 3.8) is 0 Å². The molecule has 0 bridgehead atoms. The maximum atomic E-state index is 12.3. The number of urea groups is 1. The van der Waals surface area contributed by atoms with Gasteiger partial charge in [0.05, 0.1) is 0 Å². The van der Waals surface area contributed by atoms with Crippen molar-refractivity contribution < 1.29 is 4.79 Å². The molecule has 5 heteroatoms.